The summed E-state index contributed by atoms with van der Waals surface area (Å²) in [7, 11) is 0. The second kappa shape index (κ2) is 4.64. The Labute approximate surface area is 87.1 Å². The minimum Gasteiger partial charge on any atom is -0.366 e. The van der Waals surface area contributed by atoms with Crippen LogP contribution in [0.1, 0.15) is 22.3 Å². The topological polar surface area (TPSA) is 66.9 Å². The minimum atomic E-state index is -0.552. The molecule has 0 heterocycles. The maximum atomic E-state index is 11.1. The van der Waals surface area contributed by atoms with Gasteiger partial charge in [-0.1, -0.05) is 23.7 Å². The number of nitriles is 1. The fourth-order valence-electron chi connectivity index (χ4n) is 1.24. The van der Waals surface area contributed by atoms with Gasteiger partial charge in [0.05, 0.1) is 16.7 Å². The molecule has 2 N–H and O–H groups in total. The molecule has 0 radical (unpaired) electrons. The number of aryl methyl sites for hydroxylation is 1. The molecule has 4 heteroatoms. The molecule has 0 unspecified atom stereocenters. The van der Waals surface area contributed by atoms with Gasteiger partial charge < -0.3 is 5.73 Å². The summed E-state index contributed by atoms with van der Waals surface area (Å²) < 4.78 is 0. The Morgan fingerprint density at radius 3 is 2.86 bits per heavy atom. The first-order chi connectivity index (χ1) is 6.66. The number of hydrogen-bond donors (Lipinski definition) is 1. The first kappa shape index (κ1) is 10.6. The van der Waals surface area contributed by atoms with Gasteiger partial charge in [-0.05, 0) is 18.1 Å². The highest BCUT2D eigenvalue weighted by Crippen LogP contribution is 2.20. The minimum absolute atomic E-state index is 0.324. The van der Waals surface area contributed by atoms with Crippen LogP contribution in [0, 0.1) is 11.3 Å². The number of benzene rings is 1. The third kappa shape index (κ3) is 2.24. The van der Waals surface area contributed by atoms with E-state index in [1.165, 1.54) is 0 Å². The molecule has 0 saturated carbocycles. The molecule has 14 heavy (non-hydrogen) atoms. The molecular weight excluding hydrogens is 200 g/mol. The molecule has 72 valence electrons. The third-order valence-electron chi connectivity index (χ3n) is 1.85. The first-order valence-electron chi connectivity index (χ1n) is 4.11. The highest BCUT2D eigenvalue weighted by molar-refractivity contribution is 6.34. The van der Waals surface area contributed by atoms with Crippen molar-refractivity contribution >= 4 is 17.5 Å². The highest BCUT2D eigenvalue weighted by Gasteiger charge is 2.11. The lowest BCUT2D eigenvalue weighted by atomic mass is 10.0. The molecule has 0 aliphatic heterocycles. The van der Waals surface area contributed by atoms with Crippen LogP contribution in [0.3, 0.4) is 0 Å². The standard InChI is InChI=1S/C10H9ClN2O/c11-8-5-1-3-7(4-2-6-12)9(8)10(13)14/h1,3,5H,2,4H2,(H2,13,14). The fourth-order valence-corrected chi connectivity index (χ4v) is 1.53. The maximum absolute atomic E-state index is 11.1. The predicted molar refractivity (Wildman–Crippen MR) is 53.9 cm³/mol. The Kier molecular flexibility index (Phi) is 3.49. The number of nitrogens with two attached hydrogens (primary N) is 1. The molecule has 0 bridgehead atoms. The summed E-state index contributed by atoms with van der Waals surface area (Å²) in [5.74, 6) is -0.552. The van der Waals surface area contributed by atoms with Gasteiger partial charge in [0.25, 0.3) is 0 Å². The molecule has 0 aliphatic carbocycles. The van der Waals surface area contributed by atoms with E-state index in [-0.39, 0.29) is 0 Å². The summed E-state index contributed by atoms with van der Waals surface area (Å²) in [6.07, 6.45) is 0.843. The van der Waals surface area contributed by atoms with Crippen molar-refractivity contribution in [2.75, 3.05) is 0 Å². The molecule has 3 nitrogen and oxygen atoms in total. The number of hydrogen-bond acceptors (Lipinski definition) is 2. The number of rotatable bonds is 3. The van der Waals surface area contributed by atoms with Crippen LogP contribution in [0.4, 0.5) is 0 Å². The van der Waals surface area contributed by atoms with Crippen molar-refractivity contribution in [3.05, 3.63) is 34.3 Å². The molecule has 0 atom stereocenters. The molecule has 0 fully saturated rings. The van der Waals surface area contributed by atoms with Gasteiger partial charge in [-0.2, -0.15) is 5.26 Å². The van der Waals surface area contributed by atoms with Crippen LogP contribution in [0.15, 0.2) is 18.2 Å². The van der Waals surface area contributed by atoms with Crippen LogP contribution < -0.4 is 5.73 Å². The molecule has 1 rings (SSSR count). The number of primary amides is 1. The van der Waals surface area contributed by atoms with Gasteiger partial charge in [-0.15, -0.1) is 0 Å². The van der Waals surface area contributed by atoms with E-state index in [1.54, 1.807) is 18.2 Å². The normalized spacial score (nSPS) is 9.43. The number of amides is 1. The largest absolute Gasteiger partial charge is 0.366 e. The Morgan fingerprint density at radius 2 is 2.29 bits per heavy atom. The van der Waals surface area contributed by atoms with Crippen LogP contribution in [-0.4, -0.2) is 5.91 Å². The van der Waals surface area contributed by atoms with E-state index in [1.807, 2.05) is 6.07 Å². The zero-order valence-electron chi connectivity index (χ0n) is 7.46. The van der Waals surface area contributed by atoms with Gasteiger partial charge in [0, 0.05) is 6.42 Å². The fraction of sp³-hybridized carbons (Fsp3) is 0.200. The molecule has 1 aromatic carbocycles. The van der Waals surface area contributed by atoms with E-state index in [9.17, 15) is 4.79 Å². The molecule has 1 aromatic rings. The van der Waals surface area contributed by atoms with E-state index in [4.69, 9.17) is 22.6 Å². The molecule has 0 aromatic heterocycles. The van der Waals surface area contributed by atoms with Gasteiger partial charge in [0.2, 0.25) is 5.91 Å². The van der Waals surface area contributed by atoms with Gasteiger partial charge in [0.1, 0.15) is 0 Å². The van der Waals surface area contributed by atoms with Crippen LogP contribution in [0.2, 0.25) is 5.02 Å². The highest BCUT2D eigenvalue weighted by atomic mass is 35.5. The summed E-state index contributed by atoms with van der Waals surface area (Å²) in [5.41, 5.74) is 6.23. The van der Waals surface area contributed by atoms with Gasteiger partial charge in [-0.25, -0.2) is 0 Å². The zero-order valence-corrected chi connectivity index (χ0v) is 8.21. The van der Waals surface area contributed by atoms with Crippen molar-refractivity contribution in [2.45, 2.75) is 12.8 Å². The van der Waals surface area contributed by atoms with Crippen molar-refractivity contribution in [2.24, 2.45) is 5.73 Å². The average molecular weight is 209 g/mol. The third-order valence-corrected chi connectivity index (χ3v) is 2.17. The summed E-state index contributed by atoms with van der Waals surface area (Å²) >= 11 is 5.82. The van der Waals surface area contributed by atoms with Crippen LogP contribution >= 0.6 is 11.6 Å². The second-order valence-corrected chi connectivity index (χ2v) is 3.20. The smallest absolute Gasteiger partial charge is 0.250 e. The van der Waals surface area contributed by atoms with Crippen LogP contribution in [-0.2, 0) is 6.42 Å². The first-order valence-corrected chi connectivity index (χ1v) is 4.48. The Bertz CT molecular complexity index is 396. The maximum Gasteiger partial charge on any atom is 0.250 e. The number of carbonyl (C=O) groups excluding carboxylic acids is 1. The quantitative estimate of drug-likeness (QED) is 0.825. The van der Waals surface area contributed by atoms with Gasteiger partial charge in [0.15, 0.2) is 0 Å². The average Bonchev–Trinajstić information content (AvgIpc) is 2.14. The SMILES string of the molecule is N#CCCc1cccc(Cl)c1C(N)=O. The molecule has 0 spiro atoms. The van der Waals surface area contributed by atoms with Gasteiger partial charge in [-0.3, -0.25) is 4.79 Å². The van der Waals surface area contributed by atoms with E-state index >= 15 is 0 Å². The molecule has 1 amide bonds. The summed E-state index contributed by atoms with van der Waals surface area (Å²) in [4.78, 5) is 11.1. The Balaban J connectivity index is 3.09. The summed E-state index contributed by atoms with van der Waals surface area (Å²) in [6, 6.07) is 7.11. The van der Waals surface area contributed by atoms with Gasteiger partial charge >= 0.3 is 0 Å². The van der Waals surface area contributed by atoms with Crippen molar-refractivity contribution in [1.29, 1.82) is 5.26 Å². The summed E-state index contributed by atoms with van der Waals surface area (Å²) in [5, 5.41) is 8.77. The van der Waals surface area contributed by atoms with E-state index < -0.39 is 5.91 Å². The van der Waals surface area contributed by atoms with E-state index in [0.29, 0.717) is 23.4 Å². The van der Waals surface area contributed by atoms with E-state index in [2.05, 4.69) is 0 Å². The number of carbonyl (C=O) groups is 1. The monoisotopic (exact) mass is 208 g/mol. The lowest BCUT2D eigenvalue weighted by Crippen LogP contribution is -2.14. The van der Waals surface area contributed by atoms with Crippen molar-refractivity contribution in [3.63, 3.8) is 0 Å². The number of halogens is 1. The Morgan fingerprint density at radius 1 is 1.57 bits per heavy atom. The lowest BCUT2D eigenvalue weighted by molar-refractivity contribution is 0.0999. The van der Waals surface area contributed by atoms with Crippen LogP contribution in [0.25, 0.3) is 0 Å². The second-order valence-electron chi connectivity index (χ2n) is 2.80. The van der Waals surface area contributed by atoms with Crippen LogP contribution in [0.5, 0.6) is 0 Å². The van der Waals surface area contributed by atoms with Crippen molar-refractivity contribution < 1.29 is 4.79 Å². The zero-order chi connectivity index (χ0) is 10.6. The molecule has 0 aliphatic rings. The summed E-state index contributed by atoms with van der Waals surface area (Å²) in [6.45, 7) is 0. The van der Waals surface area contributed by atoms with Crippen molar-refractivity contribution in [1.82, 2.24) is 0 Å². The molecule has 0 saturated heterocycles. The van der Waals surface area contributed by atoms with Crippen molar-refractivity contribution in [3.8, 4) is 6.07 Å². The number of nitrogens with zero attached hydrogens (tertiary/aromatic N) is 1. The predicted octanol–water partition coefficient (Wildman–Crippen LogP) is 1.90. The Hall–Kier alpha value is -1.53. The molecular formula is C10H9ClN2O. The lowest BCUT2D eigenvalue weighted by Gasteiger charge is -2.05. The van der Waals surface area contributed by atoms with E-state index in [0.717, 1.165) is 5.56 Å².